The Bertz CT molecular complexity index is 852. The molecule has 5 atom stereocenters. The highest BCUT2D eigenvalue weighted by Gasteiger charge is 2.44. The van der Waals surface area contributed by atoms with Crippen molar-refractivity contribution in [3.05, 3.63) is 64.7 Å². The second-order valence-electron chi connectivity index (χ2n) is 8.44. The maximum Gasteiger partial charge on any atom is 0.138 e. The van der Waals surface area contributed by atoms with Crippen LogP contribution in [0.3, 0.4) is 0 Å². The molecular formula is C24H29ClO6. The summed E-state index contributed by atoms with van der Waals surface area (Å²) in [6, 6.07) is 15.6. The molecule has 1 saturated heterocycles. The highest BCUT2D eigenvalue weighted by molar-refractivity contribution is 6.32. The maximum atomic E-state index is 10.4. The Hall–Kier alpha value is -1.67. The summed E-state index contributed by atoms with van der Waals surface area (Å²) < 4.78 is 11.9. The monoisotopic (exact) mass is 448 g/mol. The molecule has 2 aliphatic rings. The molecule has 4 N–H and O–H groups in total. The lowest BCUT2D eigenvalue weighted by Crippen LogP contribution is -2.55. The van der Waals surface area contributed by atoms with E-state index in [1.807, 2.05) is 6.07 Å². The fraction of sp³-hybridized carbons (Fsp3) is 0.500. The zero-order valence-corrected chi connectivity index (χ0v) is 17.9. The molecule has 168 valence electrons. The number of aliphatic hydroxyl groups excluding tert-OH is 4. The fourth-order valence-corrected chi connectivity index (χ4v) is 4.75. The largest absolute Gasteiger partial charge is 0.489 e. The van der Waals surface area contributed by atoms with E-state index in [-0.39, 0.29) is 6.10 Å². The van der Waals surface area contributed by atoms with Crippen molar-refractivity contribution in [3.63, 3.8) is 0 Å². The maximum absolute atomic E-state index is 10.4. The summed E-state index contributed by atoms with van der Waals surface area (Å²) in [5, 5.41) is 40.4. The Morgan fingerprint density at radius 1 is 0.871 bits per heavy atom. The summed E-state index contributed by atoms with van der Waals surface area (Å²) in [4.78, 5) is 0. The molecule has 1 aliphatic heterocycles. The minimum Gasteiger partial charge on any atom is -0.489 e. The molecule has 0 unspecified atom stereocenters. The SMILES string of the molecule is OC[C@H]1O[C@@H](c2ccc(Cl)c(OC3CCC(c4ccccc4)CC3)c2)[C@H](O)[C@@H](O)[C@@H]1O. The second kappa shape index (κ2) is 9.86. The van der Waals surface area contributed by atoms with Crippen LogP contribution in [0.25, 0.3) is 0 Å². The van der Waals surface area contributed by atoms with E-state index >= 15 is 0 Å². The zero-order chi connectivity index (χ0) is 22.0. The predicted octanol–water partition coefficient (Wildman–Crippen LogP) is 2.96. The molecule has 2 fully saturated rings. The third-order valence-corrected chi connectivity index (χ3v) is 6.73. The molecule has 4 rings (SSSR count). The standard InChI is InChI=1S/C24H29ClO6/c25-18-11-8-16(24-23(29)22(28)21(27)20(13-26)31-24)12-19(18)30-17-9-6-15(7-10-17)14-4-2-1-3-5-14/h1-5,8,11-12,15,17,20-24,26-29H,6-7,9-10,13H2/t15?,17?,20-,21-,22+,23-,24+/m1/s1. The lowest BCUT2D eigenvalue weighted by molar-refractivity contribution is -0.231. The van der Waals surface area contributed by atoms with Crippen molar-refractivity contribution in [2.24, 2.45) is 0 Å². The Labute approximate surface area is 187 Å². The van der Waals surface area contributed by atoms with Gasteiger partial charge in [0.15, 0.2) is 0 Å². The normalized spacial score (nSPS) is 33.8. The van der Waals surface area contributed by atoms with Crippen LogP contribution < -0.4 is 4.74 Å². The van der Waals surface area contributed by atoms with Gasteiger partial charge < -0.3 is 29.9 Å². The number of benzene rings is 2. The van der Waals surface area contributed by atoms with Crippen LogP contribution in [0.4, 0.5) is 0 Å². The molecule has 0 spiro atoms. The lowest BCUT2D eigenvalue weighted by Gasteiger charge is -2.40. The first-order valence-electron chi connectivity index (χ1n) is 10.8. The zero-order valence-electron chi connectivity index (χ0n) is 17.2. The van der Waals surface area contributed by atoms with Gasteiger partial charge in [-0.15, -0.1) is 0 Å². The number of ether oxygens (including phenoxy) is 2. The first kappa shape index (κ1) is 22.5. The number of hydrogen-bond donors (Lipinski definition) is 4. The van der Waals surface area contributed by atoms with E-state index in [0.717, 1.165) is 25.7 Å². The molecule has 1 aliphatic carbocycles. The van der Waals surface area contributed by atoms with Gasteiger partial charge in [0.2, 0.25) is 0 Å². The molecule has 1 heterocycles. The van der Waals surface area contributed by atoms with E-state index in [4.69, 9.17) is 21.1 Å². The Morgan fingerprint density at radius 3 is 2.26 bits per heavy atom. The van der Waals surface area contributed by atoms with Crippen molar-refractivity contribution in [2.45, 2.75) is 68.2 Å². The number of aliphatic hydroxyl groups is 4. The van der Waals surface area contributed by atoms with Gasteiger partial charge in [-0.2, -0.15) is 0 Å². The Kier molecular flexibility index (Phi) is 7.16. The summed E-state index contributed by atoms with van der Waals surface area (Å²) in [7, 11) is 0. The molecule has 6 nitrogen and oxygen atoms in total. The number of hydrogen-bond acceptors (Lipinski definition) is 6. The third kappa shape index (κ3) is 4.90. The highest BCUT2D eigenvalue weighted by Crippen LogP contribution is 2.39. The van der Waals surface area contributed by atoms with E-state index in [9.17, 15) is 20.4 Å². The van der Waals surface area contributed by atoms with E-state index in [1.54, 1.807) is 18.2 Å². The summed E-state index contributed by atoms with van der Waals surface area (Å²) >= 11 is 6.37. The first-order valence-corrected chi connectivity index (χ1v) is 11.2. The molecule has 2 aromatic rings. The van der Waals surface area contributed by atoms with Crippen LogP contribution in [-0.2, 0) is 4.74 Å². The van der Waals surface area contributed by atoms with E-state index in [2.05, 4.69) is 24.3 Å². The van der Waals surface area contributed by atoms with Crippen molar-refractivity contribution < 1.29 is 29.9 Å². The van der Waals surface area contributed by atoms with Crippen molar-refractivity contribution in [1.29, 1.82) is 0 Å². The van der Waals surface area contributed by atoms with Gasteiger partial charge in [-0.1, -0.05) is 48.0 Å². The van der Waals surface area contributed by atoms with Crippen LogP contribution in [0.15, 0.2) is 48.5 Å². The van der Waals surface area contributed by atoms with E-state index in [0.29, 0.717) is 22.3 Å². The van der Waals surface area contributed by atoms with Crippen molar-refractivity contribution >= 4 is 11.6 Å². The predicted molar refractivity (Wildman–Crippen MR) is 116 cm³/mol. The van der Waals surface area contributed by atoms with Gasteiger partial charge in [0.1, 0.15) is 36.3 Å². The number of rotatable bonds is 5. The van der Waals surface area contributed by atoms with E-state index in [1.165, 1.54) is 5.56 Å². The molecule has 0 aromatic heterocycles. The van der Waals surface area contributed by atoms with Crippen molar-refractivity contribution in [1.82, 2.24) is 0 Å². The molecule has 1 saturated carbocycles. The van der Waals surface area contributed by atoms with Gasteiger partial charge in [0, 0.05) is 0 Å². The molecular weight excluding hydrogens is 420 g/mol. The lowest BCUT2D eigenvalue weighted by atomic mass is 9.83. The molecule has 31 heavy (non-hydrogen) atoms. The van der Waals surface area contributed by atoms with Gasteiger partial charge in [-0.3, -0.25) is 0 Å². The third-order valence-electron chi connectivity index (χ3n) is 6.41. The smallest absolute Gasteiger partial charge is 0.138 e. The summed E-state index contributed by atoms with van der Waals surface area (Å²) in [6.07, 6.45) is -2.07. The van der Waals surface area contributed by atoms with Crippen molar-refractivity contribution in [2.75, 3.05) is 6.61 Å². The van der Waals surface area contributed by atoms with Crippen LogP contribution in [-0.4, -0.2) is 57.6 Å². The van der Waals surface area contributed by atoms with Gasteiger partial charge in [0.05, 0.1) is 17.7 Å². The summed E-state index contributed by atoms with van der Waals surface area (Å²) in [5.41, 5.74) is 1.93. The van der Waals surface area contributed by atoms with Crippen LogP contribution >= 0.6 is 11.6 Å². The Morgan fingerprint density at radius 2 is 1.58 bits per heavy atom. The van der Waals surface area contributed by atoms with Crippen LogP contribution in [0.5, 0.6) is 5.75 Å². The topological polar surface area (TPSA) is 99.4 Å². The summed E-state index contributed by atoms with van der Waals surface area (Å²) in [6.45, 7) is -0.469. The molecule has 0 radical (unpaired) electrons. The van der Waals surface area contributed by atoms with E-state index < -0.39 is 37.1 Å². The quantitative estimate of drug-likeness (QED) is 0.561. The molecule has 0 amide bonds. The highest BCUT2D eigenvalue weighted by atomic mass is 35.5. The van der Waals surface area contributed by atoms with Gasteiger partial charge >= 0.3 is 0 Å². The summed E-state index contributed by atoms with van der Waals surface area (Å²) in [5.74, 6) is 1.04. The first-order chi connectivity index (χ1) is 15.0. The average Bonchev–Trinajstić information content (AvgIpc) is 2.80. The van der Waals surface area contributed by atoms with Crippen LogP contribution in [0.2, 0.25) is 5.02 Å². The average molecular weight is 449 g/mol. The van der Waals surface area contributed by atoms with Gasteiger partial charge in [-0.05, 0) is 54.9 Å². The van der Waals surface area contributed by atoms with Crippen molar-refractivity contribution in [3.8, 4) is 5.75 Å². The molecule has 0 bridgehead atoms. The Balaban J connectivity index is 1.44. The van der Waals surface area contributed by atoms with Gasteiger partial charge in [0.25, 0.3) is 0 Å². The van der Waals surface area contributed by atoms with Crippen LogP contribution in [0.1, 0.15) is 48.8 Å². The van der Waals surface area contributed by atoms with Gasteiger partial charge in [-0.25, -0.2) is 0 Å². The minimum atomic E-state index is -1.43. The fourth-order valence-electron chi connectivity index (χ4n) is 4.58. The molecule has 7 heteroatoms. The second-order valence-corrected chi connectivity index (χ2v) is 8.85. The minimum absolute atomic E-state index is 0.0440. The van der Waals surface area contributed by atoms with Crippen LogP contribution in [0, 0.1) is 0 Å². The number of halogens is 1. The molecule has 2 aromatic carbocycles.